The maximum atomic E-state index is 13.2. The third-order valence-corrected chi connectivity index (χ3v) is 4.84. The second-order valence-electron chi connectivity index (χ2n) is 7.31. The van der Waals surface area contributed by atoms with E-state index in [1.54, 1.807) is 0 Å². The molecule has 0 spiro atoms. The summed E-state index contributed by atoms with van der Waals surface area (Å²) in [5, 5.41) is 21.4. The third kappa shape index (κ3) is 5.10. The molecule has 1 heterocycles. The van der Waals surface area contributed by atoms with E-state index < -0.39 is 22.8 Å². The first kappa shape index (κ1) is 18.5. The molecule has 1 saturated carbocycles. The molecule has 1 aliphatic carbocycles. The van der Waals surface area contributed by atoms with Gasteiger partial charge in [0.1, 0.15) is 29.6 Å². The summed E-state index contributed by atoms with van der Waals surface area (Å²) >= 11 is 0. The van der Waals surface area contributed by atoms with Gasteiger partial charge in [-0.2, -0.15) is 0 Å². The van der Waals surface area contributed by atoms with E-state index in [1.807, 2.05) is 4.90 Å². The van der Waals surface area contributed by atoms with Crippen LogP contribution in [0.25, 0.3) is 0 Å². The van der Waals surface area contributed by atoms with Crippen LogP contribution in [-0.2, 0) is 4.74 Å². The third-order valence-electron chi connectivity index (χ3n) is 4.84. The van der Waals surface area contributed by atoms with Gasteiger partial charge in [-0.15, -0.1) is 0 Å². The number of hydrogen-bond donors (Lipinski definition) is 2. The normalized spacial score (nSPS) is 27.2. The molecule has 1 aromatic carbocycles. The van der Waals surface area contributed by atoms with Gasteiger partial charge in [0.05, 0.1) is 18.8 Å². The van der Waals surface area contributed by atoms with Gasteiger partial charge in [-0.1, -0.05) is 12.8 Å². The summed E-state index contributed by atoms with van der Waals surface area (Å²) < 4.78 is 37.4. The lowest BCUT2D eigenvalue weighted by atomic mass is 10.00. The number of halogens is 2. The van der Waals surface area contributed by atoms with Crippen molar-refractivity contribution in [2.24, 2.45) is 0 Å². The Bertz CT molecular complexity index is 574. The van der Waals surface area contributed by atoms with Crippen LogP contribution < -0.4 is 4.74 Å². The standard InChI is InChI=1S/C18H25F2NO4/c19-14-7-15(20)9-16(8-14)25-13-18(23)11-21(5-6-24-12-18)10-17(22)3-1-2-4-17/h7-9,22-23H,1-6,10-13H2/t18-/m1/s1. The molecule has 0 bridgehead atoms. The summed E-state index contributed by atoms with van der Waals surface area (Å²) in [4.78, 5) is 1.98. The molecule has 2 N–H and O–H groups in total. The minimum Gasteiger partial charge on any atom is -0.490 e. The highest BCUT2D eigenvalue weighted by atomic mass is 19.1. The maximum absolute atomic E-state index is 13.2. The van der Waals surface area contributed by atoms with Gasteiger partial charge in [-0.3, -0.25) is 4.90 Å². The van der Waals surface area contributed by atoms with Gasteiger partial charge in [-0.05, 0) is 12.8 Å². The van der Waals surface area contributed by atoms with Crippen LogP contribution in [0.2, 0.25) is 0 Å². The molecule has 140 valence electrons. The molecule has 25 heavy (non-hydrogen) atoms. The largest absolute Gasteiger partial charge is 0.490 e. The highest BCUT2D eigenvalue weighted by molar-refractivity contribution is 5.24. The summed E-state index contributed by atoms with van der Waals surface area (Å²) in [6.45, 7) is 1.73. The molecule has 0 radical (unpaired) electrons. The van der Waals surface area contributed by atoms with Crippen LogP contribution in [0.1, 0.15) is 25.7 Å². The molecular formula is C18H25F2NO4. The van der Waals surface area contributed by atoms with Gasteiger partial charge in [0.15, 0.2) is 0 Å². The summed E-state index contributed by atoms with van der Waals surface area (Å²) in [5.41, 5.74) is -2.02. The Morgan fingerprint density at radius 2 is 1.76 bits per heavy atom. The monoisotopic (exact) mass is 357 g/mol. The van der Waals surface area contributed by atoms with Crippen molar-refractivity contribution in [2.75, 3.05) is 39.5 Å². The van der Waals surface area contributed by atoms with E-state index in [0.717, 1.165) is 43.9 Å². The highest BCUT2D eigenvalue weighted by Gasteiger charge is 2.38. The van der Waals surface area contributed by atoms with Crippen molar-refractivity contribution in [3.8, 4) is 5.75 Å². The molecular weight excluding hydrogens is 332 g/mol. The lowest BCUT2D eigenvalue weighted by Gasteiger charge is -2.34. The lowest BCUT2D eigenvalue weighted by molar-refractivity contribution is -0.0713. The van der Waals surface area contributed by atoms with E-state index in [1.165, 1.54) is 0 Å². The Labute approximate surface area is 146 Å². The first-order valence-electron chi connectivity index (χ1n) is 8.70. The van der Waals surface area contributed by atoms with Gasteiger partial charge < -0.3 is 19.7 Å². The van der Waals surface area contributed by atoms with E-state index >= 15 is 0 Å². The Morgan fingerprint density at radius 1 is 1.08 bits per heavy atom. The summed E-state index contributed by atoms with van der Waals surface area (Å²) in [7, 11) is 0. The van der Waals surface area contributed by atoms with Gasteiger partial charge in [-0.25, -0.2) is 8.78 Å². The van der Waals surface area contributed by atoms with Crippen molar-refractivity contribution in [3.63, 3.8) is 0 Å². The van der Waals surface area contributed by atoms with Gasteiger partial charge in [0.2, 0.25) is 0 Å². The summed E-state index contributed by atoms with van der Waals surface area (Å²) in [5.74, 6) is -1.44. The fourth-order valence-electron chi connectivity index (χ4n) is 3.66. The van der Waals surface area contributed by atoms with E-state index in [2.05, 4.69) is 0 Å². The van der Waals surface area contributed by atoms with Crippen molar-refractivity contribution in [1.29, 1.82) is 0 Å². The SMILES string of the molecule is OC1(CN2CCOC[C@@](O)(COc3cc(F)cc(F)c3)C2)CCCC1. The number of benzene rings is 1. The second kappa shape index (κ2) is 7.53. The number of aliphatic hydroxyl groups is 2. The molecule has 0 amide bonds. The van der Waals surface area contributed by atoms with E-state index in [9.17, 15) is 19.0 Å². The molecule has 1 saturated heterocycles. The average molecular weight is 357 g/mol. The van der Waals surface area contributed by atoms with E-state index in [4.69, 9.17) is 9.47 Å². The quantitative estimate of drug-likeness (QED) is 0.840. The first-order chi connectivity index (χ1) is 11.9. The van der Waals surface area contributed by atoms with Crippen molar-refractivity contribution in [1.82, 2.24) is 4.90 Å². The number of ether oxygens (including phenoxy) is 2. The van der Waals surface area contributed by atoms with Crippen LogP contribution in [0.15, 0.2) is 18.2 Å². The molecule has 7 heteroatoms. The van der Waals surface area contributed by atoms with Gasteiger partial charge in [0, 0.05) is 37.8 Å². The highest BCUT2D eigenvalue weighted by Crippen LogP contribution is 2.31. The van der Waals surface area contributed by atoms with Gasteiger partial charge >= 0.3 is 0 Å². The predicted molar refractivity (Wildman–Crippen MR) is 87.5 cm³/mol. The molecule has 0 aromatic heterocycles. The molecule has 2 fully saturated rings. The number of hydrogen-bond acceptors (Lipinski definition) is 5. The topological polar surface area (TPSA) is 62.2 Å². The zero-order chi connectivity index (χ0) is 17.9. The van der Waals surface area contributed by atoms with Crippen LogP contribution >= 0.6 is 0 Å². The summed E-state index contributed by atoms with van der Waals surface area (Å²) in [6.07, 6.45) is 3.56. The fraction of sp³-hybridized carbons (Fsp3) is 0.667. The van der Waals surface area contributed by atoms with Crippen molar-refractivity contribution < 1.29 is 28.5 Å². The zero-order valence-electron chi connectivity index (χ0n) is 14.2. The van der Waals surface area contributed by atoms with Crippen molar-refractivity contribution >= 4 is 0 Å². The number of nitrogens with zero attached hydrogens (tertiary/aromatic N) is 1. The van der Waals surface area contributed by atoms with E-state index in [-0.39, 0.29) is 25.5 Å². The smallest absolute Gasteiger partial charge is 0.134 e. The fourth-order valence-corrected chi connectivity index (χ4v) is 3.66. The van der Waals surface area contributed by atoms with Crippen LogP contribution in [0.4, 0.5) is 8.78 Å². The van der Waals surface area contributed by atoms with Crippen molar-refractivity contribution in [3.05, 3.63) is 29.8 Å². The Kier molecular flexibility index (Phi) is 5.58. The van der Waals surface area contributed by atoms with Crippen molar-refractivity contribution in [2.45, 2.75) is 36.9 Å². The van der Waals surface area contributed by atoms with Gasteiger partial charge in [0.25, 0.3) is 0 Å². The van der Waals surface area contributed by atoms with E-state index in [0.29, 0.717) is 19.7 Å². The van der Waals surface area contributed by atoms with Crippen LogP contribution in [-0.4, -0.2) is 65.8 Å². The molecule has 2 aliphatic rings. The predicted octanol–water partition coefficient (Wildman–Crippen LogP) is 1.71. The number of rotatable bonds is 5. The van der Waals surface area contributed by atoms with Crippen LogP contribution in [0.3, 0.4) is 0 Å². The molecule has 3 rings (SSSR count). The molecule has 1 atom stereocenters. The zero-order valence-corrected chi connectivity index (χ0v) is 14.2. The average Bonchev–Trinajstić information content (AvgIpc) is 2.86. The molecule has 1 aromatic rings. The Balaban J connectivity index is 1.62. The number of β-amino-alcohol motifs (C(OH)–C–C–N with tert-alkyl or cyclic N) is 2. The molecule has 1 aliphatic heterocycles. The second-order valence-corrected chi connectivity index (χ2v) is 7.31. The Hall–Kier alpha value is -1.28. The minimum atomic E-state index is -1.31. The lowest BCUT2D eigenvalue weighted by Crippen LogP contribution is -2.52. The minimum absolute atomic E-state index is 0.0242. The summed E-state index contributed by atoms with van der Waals surface area (Å²) in [6, 6.07) is 2.91. The maximum Gasteiger partial charge on any atom is 0.134 e. The molecule has 0 unspecified atom stereocenters. The molecule has 5 nitrogen and oxygen atoms in total. The van der Waals surface area contributed by atoms with Crippen LogP contribution in [0.5, 0.6) is 5.75 Å². The first-order valence-corrected chi connectivity index (χ1v) is 8.70. The Morgan fingerprint density at radius 3 is 2.44 bits per heavy atom. The van der Waals surface area contributed by atoms with Crippen LogP contribution in [0, 0.1) is 11.6 Å².